The molecule has 0 aliphatic carbocycles. The minimum absolute atomic E-state index is 0.0535. The normalized spacial score (nSPS) is 23.5. The van der Waals surface area contributed by atoms with Gasteiger partial charge in [0.05, 0.1) is 6.10 Å². The summed E-state index contributed by atoms with van der Waals surface area (Å²) in [6.45, 7) is 7.90. The third kappa shape index (κ3) is 4.00. The fourth-order valence-corrected chi connectivity index (χ4v) is 2.52. The highest BCUT2D eigenvalue weighted by atomic mass is 19.3. The Morgan fingerprint density at radius 2 is 2.10 bits per heavy atom. The zero-order valence-electron chi connectivity index (χ0n) is 12.3. The van der Waals surface area contributed by atoms with E-state index in [4.69, 9.17) is 4.74 Å². The van der Waals surface area contributed by atoms with Crippen LogP contribution in [0.5, 0.6) is 0 Å². The Morgan fingerprint density at radius 1 is 1.35 bits per heavy atom. The van der Waals surface area contributed by atoms with Crippen molar-refractivity contribution in [2.45, 2.75) is 45.3 Å². The Kier molecular flexibility index (Phi) is 4.76. The first-order valence-electron chi connectivity index (χ1n) is 7.11. The molecule has 1 heterocycles. The first-order valence-corrected chi connectivity index (χ1v) is 7.11. The summed E-state index contributed by atoms with van der Waals surface area (Å²) in [6, 6.07) is 6.61. The minimum Gasteiger partial charge on any atom is -0.373 e. The molecule has 1 aromatic carbocycles. The summed E-state index contributed by atoms with van der Waals surface area (Å²) < 4.78 is 31.3. The van der Waals surface area contributed by atoms with Gasteiger partial charge in [-0.3, -0.25) is 0 Å². The second kappa shape index (κ2) is 6.19. The number of benzene rings is 1. The Hall–Kier alpha value is -1.00. The lowest BCUT2D eigenvalue weighted by molar-refractivity contribution is 0.0884. The third-order valence-electron chi connectivity index (χ3n) is 3.60. The molecule has 0 bridgehead atoms. The molecule has 0 spiro atoms. The lowest BCUT2D eigenvalue weighted by Crippen LogP contribution is -2.39. The van der Waals surface area contributed by atoms with E-state index < -0.39 is 6.43 Å². The van der Waals surface area contributed by atoms with Gasteiger partial charge in [-0.15, -0.1) is 0 Å². The average molecular weight is 283 g/mol. The first-order chi connectivity index (χ1) is 9.37. The number of hydrogen-bond acceptors (Lipinski definition) is 2. The van der Waals surface area contributed by atoms with Crippen LogP contribution in [0.4, 0.5) is 8.78 Å². The van der Waals surface area contributed by atoms with Gasteiger partial charge in [-0.25, -0.2) is 8.78 Å². The molecule has 1 aliphatic rings. The fraction of sp³-hybridized carbons (Fsp3) is 0.625. The van der Waals surface area contributed by atoms with Crippen LogP contribution in [0.2, 0.25) is 0 Å². The summed E-state index contributed by atoms with van der Waals surface area (Å²) in [6.07, 6.45) is -1.54. The van der Waals surface area contributed by atoms with Gasteiger partial charge in [0, 0.05) is 30.2 Å². The van der Waals surface area contributed by atoms with Gasteiger partial charge in [-0.05, 0) is 38.8 Å². The number of nitrogens with one attached hydrogen (secondary N) is 1. The molecular weight excluding hydrogens is 260 g/mol. The summed E-state index contributed by atoms with van der Waals surface area (Å²) in [4.78, 5) is 0. The summed E-state index contributed by atoms with van der Waals surface area (Å²) in [5.74, 6) is 0.335. The van der Waals surface area contributed by atoms with E-state index in [1.807, 2.05) is 6.07 Å². The molecule has 0 amide bonds. The Morgan fingerprint density at radius 3 is 2.75 bits per heavy atom. The highest BCUT2D eigenvalue weighted by Crippen LogP contribution is 2.35. The van der Waals surface area contributed by atoms with Gasteiger partial charge in [0.25, 0.3) is 6.43 Å². The van der Waals surface area contributed by atoms with Crippen LogP contribution in [0.25, 0.3) is 0 Å². The van der Waals surface area contributed by atoms with E-state index in [9.17, 15) is 8.78 Å². The molecule has 2 atom stereocenters. The van der Waals surface area contributed by atoms with Crippen LogP contribution in [0, 0.1) is 5.92 Å². The number of hydrogen-bond donors (Lipinski definition) is 1. The van der Waals surface area contributed by atoms with Gasteiger partial charge in [-0.1, -0.05) is 18.2 Å². The quantitative estimate of drug-likeness (QED) is 0.898. The van der Waals surface area contributed by atoms with Crippen LogP contribution in [-0.2, 0) is 4.74 Å². The summed E-state index contributed by atoms with van der Waals surface area (Å²) in [5, 5.41) is 3.47. The summed E-state index contributed by atoms with van der Waals surface area (Å²) in [7, 11) is 0. The van der Waals surface area contributed by atoms with E-state index in [0.717, 1.165) is 18.5 Å². The van der Waals surface area contributed by atoms with Crippen LogP contribution >= 0.6 is 0 Å². The molecule has 1 aromatic rings. The highest BCUT2D eigenvalue weighted by molar-refractivity contribution is 5.27. The summed E-state index contributed by atoms with van der Waals surface area (Å²) in [5.41, 5.74) is 0.986. The molecule has 20 heavy (non-hydrogen) atoms. The Bertz CT molecular complexity index is 442. The number of ether oxygens (including phenoxy) is 1. The molecule has 0 aromatic heterocycles. The van der Waals surface area contributed by atoms with Crippen LogP contribution < -0.4 is 5.32 Å². The molecule has 1 aliphatic heterocycles. The van der Waals surface area contributed by atoms with Crippen LogP contribution in [-0.4, -0.2) is 18.7 Å². The molecular formula is C16H23F2NO. The Labute approximate surface area is 119 Å². The molecule has 2 nitrogen and oxygen atoms in total. The second-order valence-electron chi connectivity index (χ2n) is 6.44. The lowest BCUT2D eigenvalue weighted by atomic mass is 9.93. The maximum absolute atomic E-state index is 12.8. The maximum Gasteiger partial charge on any atom is 0.263 e. The first kappa shape index (κ1) is 15.4. The van der Waals surface area contributed by atoms with Gasteiger partial charge in [0.1, 0.15) is 0 Å². The zero-order valence-corrected chi connectivity index (χ0v) is 12.3. The van der Waals surface area contributed by atoms with E-state index in [-0.39, 0.29) is 17.2 Å². The molecule has 1 fully saturated rings. The molecule has 0 radical (unpaired) electrons. The standard InChI is InChI=1S/C16H23F2NO/c1-16(2,3)19-10-13-7-8-20-14(13)11-5-4-6-12(9-11)15(17)18/h4-6,9,13-15,19H,7-8,10H2,1-3H3. The molecule has 112 valence electrons. The molecule has 0 saturated carbocycles. The highest BCUT2D eigenvalue weighted by Gasteiger charge is 2.30. The van der Waals surface area contributed by atoms with Crippen LogP contribution in [0.1, 0.15) is 50.8 Å². The van der Waals surface area contributed by atoms with E-state index in [1.54, 1.807) is 12.1 Å². The second-order valence-corrected chi connectivity index (χ2v) is 6.44. The third-order valence-corrected chi connectivity index (χ3v) is 3.60. The molecule has 4 heteroatoms. The average Bonchev–Trinajstić information content (AvgIpc) is 2.84. The largest absolute Gasteiger partial charge is 0.373 e. The van der Waals surface area contributed by atoms with Crippen LogP contribution in [0.15, 0.2) is 24.3 Å². The lowest BCUT2D eigenvalue weighted by Gasteiger charge is -2.26. The summed E-state index contributed by atoms with van der Waals surface area (Å²) >= 11 is 0. The predicted octanol–water partition coefficient (Wildman–Crippen LogP) is 4.09. The van der Waals surface area contributed by atoms with E-state index in [2.05, 4.69) is 26.1 Å². The van der Waals surface area contributed by atoms with Gasteiger partial charge >= 0.3 is 0 Å². The van der Waals surface area contributed by atoms with Gasteiger partial charge in [0.2, 0.25) is 0 Å². The topological polar surface area (TPSA) is 21.3 Å². The van der Waals surface area contributed by atoms with Crippen molar-refractivity contribution in [1.82, 2.24) is 5.32 Å². The molecule has 2 unspecified atom stereocenters. The van der Waals surface area contributed by atoms with Crippen molar-refractivity contribution < 1.29 is 13.5 Å². The van der Waals surface area contributed by atoms with E-state index in [1.165, 1.54) is 6.07 Å². The SMILES string of the molecule is CC(C)(C)NCC1CCOC1c1cccc(C(F)F)c1. The predicted molar refractivity (Wildman–Crippen MR) is 76.0 cm³/mol. The molecule has 1 saturated heterocycles. The van der Waals surface area contributed by atoms with Crippen molar-refractivity contribution >= 4 is 0 Å². The monoisotopic (exact) mass is 283 g/mol. The number of rotatable bonds is 4. The zero-order chi connectivity index (χ0) is 14.8. The van der Waals surface area contributed by atoms with E-state index in [0.29, 0.717) is 12.5 Å². The maximum atomic E-state index is 12.8. The van der Waals surface area contributed by atoms with Crippen molar-refractivity contribution in [2.75, 3.05) is 13.2 Å². The van der Waals surface area contributed by atoms with Gasteiger partial charge in [0.15, 0.2) is 0 Å². The molecule has 1 N–H and O–H groups in total. The van der Waals surface area contributed by atoms with Gasteiger partial charge in [-0.2, -0.15) is 0 Å². The smallest absolute Gasteiger partial charge is 0.263 e. The van der Waals surface area contributed by atoms with Crippen molar-refractivity contribution in [3.05, 3.63) is 35.4 Å². The fourth-order valence-electron chi connectivity index (χ4n) is 2.52. The van der Waals surface area contributed by atoms with Crippen molar-refractivity contribution in [1.29, 1.82) is 0 Å². The van der Waals surface area contributed by atoms with Crippen molar-refractivity contribution in [2.24, 2.45) is 5.92 Å². The minimum atomic E-state index is -2.43. The van der Waals surface area contributed by atoms with E-state index >= 15 is 0 Å². The van der Waals surface area contributed by atoms with Crippen molar-refractivity contribution in [3.63, 3.8) is 0 Å². The van der Waals surface area contributed by atoms with Crippen molar-refractivity contribution in [3.8, 4) is 0 Å². The number of alkyl halides is 2. The Balaban J connectivity index is 2.08. The molecule has 2 rings (SSSR count). The van der Waals surface area contributed by atoms with Gasteiger partial charge < -0.3 is 10.1 Å². The van der Waals surface area contributed by atoms with Crippen LogP contribution in [0.3, 0.4) is 0 Å². The number of halogens is 2.